The third-order valence-electron chi connectivity index (χ3n) is 4.37. The number of aromatic nitrogens is 1. The van der Waals surface area contributed by atoms with Crippen LogP contribution in [0.1, 0.15) is 22.3 Å². The average Bonchev–Trinajstić information content (AvgIpc) is 3.09. The number of methoxy groups -OCH3 is 2. The zero-order chi connectivity index (χ0) is 17.6. The molecule has 0 saturated carbocycles. The van der Waals surface area contributed by atoms with Crippen LogP contribution in [0.4, 0.5) is 0 Å². The van der Waals surface area contributed by atoms with Gasteiger partial charge >= 0.3 is 0 Å². The quantitative estimate of drug-likeness (QED) is 0.872. The number of rotatable bonds is 6. The molecule has 0 spiro atoms. The second-order valence-corrected chi connectivity index (χ2v) is 6.10. The molecule has 1 N–H and O–H groups in total. The van der Waals surface area contributed by atoms with E-state index in [-0.39, 0.29) is 11.9 Å². The van der Waals surface area contributed by atoms with Crippen LogP contribution < -0.4 is 14.8 Å². The third kappa shape index (κ3) is 4.28. The van der Waals surface area contributed by atoms with Gasteiger partial charge in [0.15, 0.2) is 0 Å². The minimum Gasteiger partial charge on any atom is -0.496 e. The fourth-order valence-corrected chi connectivity index (χ4v) is 3.07. The molecule has 6 heteroatoms. The molecule has 0 unspecified atom stereocenters. The average molecular weight is 341 g/mol. The van der Waals surface area contributed by atoms with Crippen LogP contribution in [0.3, 0.4) is 0 Å². The smallest absolute Gasteiger partial charge is 0.255 e. The summed E-state index contributed by atoms with van der Waals surface area (Å²) in [6.07, 6.45) is 2.77. The lowest BCUT2D eigenvalue weighted by molar-refractivity contribution is 0.0934. The van der Waals surface area contributed by atoms with E-state index in [2.05, 4.69) is 15.2 Å². The van der Waals surface area contributed by atoms with E-state index < -0.39 is 0 Å². The van der Waals surface area contributed by atoms with Crippen molar-refractivity contribution in [3.8, 4) is 11.6 Å². The molecule has 1 aromatic carbocycles. The van der Waals surface area contributed by atoms with Gasteiger partial charge in [0.25, 0.3) is 5.91 Å². The summed E-state index contributed by atoms with van der Waals surface area (Å²) in [5, 5.41) is 3.11. The Morgan fingerprint density at radius 3 is 2.80 bits per heavy atom. The Kier molecular flexibility index (Phi) is 5.50. The van der Waals surface area contributed by atoms with Crippen molar-refractivity contribution in [1.82, 2.24) is 15.2 Å². The van der Waals surface area contributed by atoms with E-state index in [9.17, 15) is 4.79 Å². The van der Waals surface area contributed by atoms with Crippen molar-refractivity contribution < 1.29 is 14.3 Å². The number of ether oxygens (including phenoxy) is 2. The first-order valence-electron chi connectivity index (χ1n) is 8.34. The van der Waals surface area contributed by atoms with Crippen molar-refractivity contribution in [3.05, 3.63) is 53.7 Å². The van der Waals surface area contributed by atoms with Crippen LogP contribution in [0.2, 0.25) is 0 Å². The van der Waals surface area contributed by atoms with Crippen molar-refractivity contribution >= 4 is 5.91 Å². The Labute approximate surface area is 147 Å². The maximum atomic E-state index is 12.5. The molecule has 0 bridgehead atoms. The minimum absolute atomic E-state index is 0.0876. The van der Waals surface area contributed by atoms with E-state index in [4.69, 9.17) is 9.47 Å². The molecule has 2 aromatic rings. The molecule has 1 atom stereocenters. The van der Waals surface area contributed by atoms with E-state index >= 15 is 0 Å². The second kappa shape index (κ2) is 7.98. The number of carbonyl (C=O) groups excluding carboxylic acids is 1. The molecule has 1 aliphatic rings. The van der Waals surface area contributed by atoms with E-state index in [0.717, 1.165) is 31.6 Å². The van der Waals surface area contributed by atoms with Gasteiger partial charge in [-0.2, -0.15) is 0 Å². The minimum atomic E-state index is -0.0876. The zero-order valence-corrected chi connectivity index (χ0v) is 14.6. The van der Waals surface area contributed by atoms with Crippen LogP contribution in [-0.2, 0) is 6.54 Å². The Morgan fingerprint density at radius 2 is 2.08 bits per heavy atom. The van der Waals surface area contributed by atoms with Gasteiger partial charge in [0.05, 0.1) is 19.8 Å². The van der Waals surface area contributed by atoms with Gasteiger partial charge in [-0.15, -0.1) is 0 Å². The molecule has 1 amide bonds. The van der Waals surface area contributed by atoms with Crippen LogP contribution in [-0.4, -0.2) is 49.1 Å². The highest BCUT2D eigenvalue weighted by Gasteiger charge is 2.25. The fraction of sp³-hybridized carbons (Fsp3) is 0.368. The number of amides is 1. The molecule has 0 aliphatic carbocycles. The van der Waals surface area contributed by atoms with Crippen molar-refractivity contribution in [2.45, 2.75) is 19.0 Å². The summed E-state index contributed by atoms with van der Waals surface area (Å²) in [6.45, 7) is 2.59. The SMILES string of the molecule is COc1ccc(CN2CC[C@H](NC(=O)c3ccccc3OC)C2)cn1. The zero-order valence-electron chi connectivity index (χ0n) is 14.6. The molecule has 1 saturated heterocycles. The van der Waals surface area contributed by atoms with E-state index in [1.54, 1.807) is 26.4 Å². The van der Waals surface area contributed by atoms with Gasteiger partial charge in [0, 0.05) is 37.9 Å². The van der Waals surface area contributed by atoms with Gasteiger partial charge in [-0.3, -0.25) is 9.69 Å². The standard InChI is InChI=1S/C19H23N3O3/c1-24-17-6-4-3-5-16(17)19(23)21-15-9-10-22(13-15)12-14-7-8-18(25-2)20-11-14/h3-8,11,15H,9-10,12-13H2,1-2H3,(H,21,23)/t15-/m0/s1. The third-order valence-corrected chi connectivity index (χ3v) is 4.37. The predicted octanol–water partition coefficient (Wildman–Crippen LogP) is 2.10. The molecule has 3 rings (SSSR count). The topological polar surface area (TPSA) is 63.7 Å². The number of likely N-dealkylation sites (tertiary alicyclic amines) is 1. The molecule has 1 aromatic heterocycles. The monoisotopic (exact) mass is 341 g/mol. The van der Waals surface area contributed by atoms with Gasteiger partial charge in [0.1, 0.15) is 5.75 Å². The second-order valence-electron chi connectivity index (χ2n) is 6.10. The lowest BCUT2D eigenvalue weighted by Crippen LogP contribution is -2.37. The van der Waals surface area contributed by atoms with Gasteiger partial charge in [0.2, 0.25) is 5.88 Å². The van der Waals surface area contributed by atoms with Crippen LogP contribution in [0.25, 0.3) is 0 Å². The first-order valence-corrected chi connectivity index (χ1v) is 8.34. The summed E-state index contributed by atoms with van der Waals surface area (Å²) in [5.41, 5.74) is 1.71. The Balaban J connectivity index is 1.54. The Hall–Kier alpha value is -2.60. The number of nitrogens with one attached hydrogen (secondary N) is 1. The van der Waals surface area contributed by atoms with Crippen molar-refractivity contribution in [1.29, 1.82) is 0 Å². The summed E-state index contributed by atoms with van der Waals surface area (Å²) in [6, 6.07) is 11.3. The molecular formula is C19H23N3O3. The lowest BCUT2D eigenvalue weighted by Gasteiger charge is -2.17. The molecule has 0 radical (unpaired) electrons. The fourth-order valence-electron chi connectivity index (χ4n) is 3.07. The summed E-state index contributed by atoms with van der Waals surface area (Å²) in [4.78, 5) is 19.0. The summed E-state index contributed by atoms with van der Waals surface area (Å²) in [5.74, 6) is 1.13. The maximum absolute atomic E-state index is 12.5. The Morgan fingerprint density at radius 1 is 1.24 bits per heavy atom. The summed E-state index contributed by atoms with van der Waals surface area (Å²) >= 11 is 0. The van der Waals surface area contributed by atoms with Crippen LogP contribution in [0.15, 0.2) is 42.6 Å². The molecule has 1 fully saturated rings. The van der Waals surface area contributed by atoms with Gasteiger partial charge in [-0.05, 0) is 24.1 Å². The van der Waals surface area contributed by atoms with Crippen LogP contribution in [0.5, 0.6) is 11.6 Å². The molecule has 2 heterocycles. The van der Waals surface area contributed by atoms with Crippen LogP contribution >= 0.6 is 0 Å². The highest BCUT2D eigenvalue weighted by Crippen LogP contribution is 2.19. The highest BCUT2D eigenvalue weighted by atomic mass is 16.5. The number of carbonyl (C=O) groups is 1. The van der Waals surface area contributed by atoms with Gasteiger partial charge < -0.3 is 14.8 Å². The largest absolute Gasteiger partial charge is 0.496 e. The number of pyridine rings is 1. The molecule has 6 nitrogen and oxygen atoms in total. The van der Waals surface area contributed by atoms with E-state index in [0.29, 0.717) is 17.2 Å². The summed E-state index contributed by atoms with van der Waals surface area (Å²) in [7, 11) is 3.18. The molecule has 25 heavy (non-hydrogen) atoms. The predicted molar refractivity (Wildman–Crippen MR) is 94.9 cm³/mol. The molecule has 1 aliphatic heterocycles. The number of hydrogen-bond donors (Lipinski definition) is 1. The number of benzene rings is 1. The number of nitrogens with zero attached hydrogens (tertiary/aromatic N) is 2. The lowest BCUT2D eigenvalue weighted by atomic mass is 10.1. The maximum Gasteiger partial charge on any atom is 0.255 e. The van der Waals surface area contributed by atoms with Gasteiger partial charge in [-0.1, -0.05) is 18.2 Å². The normalized spacial score (nSPS) is 17.3. The molecule has 132 valence electrons. The first kappa shape index (κ1) is 17.2. The molecular weight excluding hydrogens is 318 g/mol. The first-order chi connectivity index (χ1) is 12.2. The van der Waals surface area contributed by atoms with Crippen molar-refractivity contribution in [3.63, 3.8) is 0 Å². The van der Waals surface area contributed by atoms with Crippen LogP contribution in [0, 0.1) is 0 Å². The highest BCUT2D eigenvalue weighted by molar-refractivity contribution is 5.97. The summed E-state index contributed by atoms with van der Waals surface area (Å²) < 4.78 is 10.3. The number of para-hydroxylation sites is 1. The van der Waals surface area contributed by atoms with E-state index in [1.807, 2.05) is 30.5 Å². The van der Waals surface area contributed by atoms with Crippen molar-refractivity contribution in [2.24, 2.45) is 0 Å². The number of hydrogen-bond acceptors (Lipinski definition) is 5. The van der Waals surface area contributed by atoms with E-state index in [1.165, 1.54) is 0 Å². The van der Waals surface area contributed by atoms with Crippen molar-refractivity contribution in [2.75, 3.05) is 27.3 Å². The Bertz CT molecular complexity index is 718. The van der Waals surface area contributed by atoms with Gasteiger partial charge in [-0.25, -0.2) is 4.98 Å².